The van der Waals surface area contributed by atoms with E-state index in [9.17, 15) is 56.6 Å². The number of nitrogens with one attached hydrogen (secondary N) is 2. The molecule has 598 valence electrons. The van der Waals surface area contributed by atoms with Gasteiger partial charge in [-0.1, -0.05) is 182 Å². The van der Waals surface area contributed by atoms with E-state index in [1.807, 2.05) is 187 Å². The molecule has 5 amide bonds. The van der Waals surface area contributed by atoms with Crippen molar-refractivity contribution in [2.75, 3.05) is 92.7 Å². The summed E-state index contributed by atoms with van der Waals surface area (Å²) < 4.78 is 67.4. The SMILES string of the molecule is CN(C(=O)C(c1ccccc1)c1ccccc1)c1cnc(N2CCOc3ccc(F)cc3C2)cc1C(=O)O.COC(=O)c1cc(Br)ncc1N(C)C(=O)C(c1ccccc1)c1ccccc1.COC(=O)c1cc(N2CCOc3ccc(F)cc3C2=O)ncc1NC(=O)C(c1ccccc1)c1ccccc1.O=C1NCCOc2ccc(F)cc21. The molecule has 23 nitrogen and oxygen atoms in total. The van der Waals surface area contributed by atoms with Crippen molar-refractivity contribution in [3.05, 3.63) is 362 Å². The Labute approximate surface area is 685 Å². The van der Waals surface area contributed by atoms with Gasteiger partial charge in [-0.15, -0.1) is 0 Å². The minimum absolute atomic E-state index is 0.00755. The molecule has 0 spiro atoms. The molecule has 3 aliphatic rings. The van der Waals surface area contributed by atoms with Gasteiger partial charge in [0, 0.05) is 26.2 Å². The second-order valence-corrected chi connectivity index (χ2v) is 27.5. The summed E-state index contributed by atoms with van der Waals surface area (Å²) in [6.45, 7) is 2.18. The molecule has 0 saturated heterocycles. The van der Waals surface area contributed by atoms with Gasteiger partial charge in [-0.05, 0) is 122 Å². The van der Waals surface area contributed by atoms with Crippen molar-refractivity contribution >= 4 is 92.1 Å². The van der Waals surface area contributed by atoms with Gasteiger partial charge in [-0.25, -0.2) is 42.5 Å². The van der Waals surface area contributed by atoms with Gasteiger partial charge in [0.1, 0.15) is 70.8 Å². The Bertz CT molecular complexity index is 5500. The highest BCUT2D eigenvalue weighted by molar-refractivity contribution is 9.10. The third kappa shape index (κ3) is 20.0. The topological polar surface area (TPSA) is 279 Å². The second-order valence-electron chi connectivity index (χ2n) is 26.7. The highest BCUT2D eigenvalue weighted by atomic mass is 79.9. The monoisotopic (exact) mass is 1660 g/mol. The van der Waals surface area contributed by atoms with Gasteiger partial charge in [-0.3, -0.25) is 28.9 Å². The molecule has 27 heteroatoms. The van der Waals surface area contributed by atoms with E-state index >= 15 is 0 Å². The highest BCUT2D eigenvalue weighted by Gasteiger charge is 2.34. The van der Waals surface area contributed by atoms with Crippen LogP contribution in [0.2, 0.25) is 0 Å². The summed E-state index contributed by atoms with van der Waals surface area (Å²) in [5.74, 6) is -5.48. The molecule has 0 saturated carbocycles. The molecule has 0 radical (unpaired) electrons. The number of methoxy groups -OCH3 is 2. The lowest BCUT2D eigenvalue weighted by molar-refractivity contribution is -0.119. The fourth-order valence-electron chi connectivity index (χ4n) is 13.4. The molecule has 118 heavy (non-hydrogen) atoms. The molecule has 0 bridgehead atoms. The van der Waals surface area contributed by atoms with E-state index in [1.54, 1.807) is 26.2 Å². The first-order valence-electron chi connectivity index (χ1n) is 37.0. The van der Waals surface area contributed by atoms with Gasteiger partial charge in [0.2, 0.25) is 17.7 Å². The smallest absolute Gasteiger partial charge is 0.340 e. The normalized spacial score (nSPS) is 12.6. The predicted molar refractivity (Wildman–Crippen MR) is 440 cm³/mol. The maximum absolute atomic E-state index is 13.9. The molecule has 0 fully saturated rings. The number of carboxylic acid groups (broad SMARTS) is 1. The van der Waals surface area contributed by atoms with Crippen LogP contribution >= 0.6 is 15.9 Å². The number of fused-ring (bicyclic) bond motifs is 3. The Morgan fingerprint density at radius 1 is 0.483 bits per heavy atom. The molecule has 12 aromatic rings. The van der Waals surface area contributed by atoms with Gasteiger partial charge >= 0.3 is 17.9 Å². The fourth-order valence-corrected chi connectivity index (χ4v) is 13.8. The number of likely N-dealkylation sites (N-methyl/N-ethyl adjacent to an activating group) is 2. The molecular weight excluding hydrogens is 1580 g/mol. The number of hydrogen-bond acceptors (Lipinski definition) is 17. The van der Waals surface area contributed by atoms with Crippen LogP contribution in [0.15, 0.2) is 278 Å². The van der Waals surface area contributed by atoms with Crippen LogP contribution in [0, 0.1) is 17.5 Å². The Morgan fingerprint density at radius 2 is 0.898 bits per heavy atom. The zero-order valence-corrected chi connectivity index (χ0v) is 65.6. The van der Waals surface area contributed by atoms with Crippen molar-refractivity contribution in [3.8, 4) is 17.2 Å². The Morgan fingerprint density at radius 3 is 1.41 bits per heavy atom. The molecule has 3 N–H and O–H groups in total. The van der Waals surface area contributed by atoms with Crippen LogP contribution in [0.5, 0.6) is 17.2 Å². The summed E-state index contributed by atoms with van der Waals surface area (Å²) in [4.78, 5) is 122. The van der Waals surface area contributed by atoms with E-state index in [4.69, 9.17) is 23.7 Å². The Kier molecular flexibility index (Phi) is 27.6. The first-order chi connectivity index (χ1) is 57.2. The molecule has 0 aliphatic carbocycles. The molecule has 9 aromatic carbocycles. The van der Waals surface area contributed by atoms with Crippen molar-refractivity contribution in [1.82, 2.24) is 20.3 Å². The summed E-state index contributed by atoms with van der Waals surface area (Å²) in [6.07, 6.45) is 4.20. The lowest BCUT2D eigenvalue weighted by Gasteiger charge is -2.27. The Hall–Kier alpha value is -14.3. The molecular formula is C91H77BrF3N9O14. The number of amides is 5. The number of ether oxygens (including phenoxy) is 5. The molecule has 0 atom stereocenters. The van der Waals surface area contributed by atoms with E-state index in [-0.39, 0.29) is 93.4 Å². The quantitative estimate of drug-likeness (QED) is 0.0564. The zero-order chi connectivity index (χ0) is 83.4. The number of aromatic carboxylic acids is 1. The number of hydrogen-bond donors (Lipinski definition) is 3. The second kappa shape index (κ2) is 39.1. The number of carboxylic acids is 1. The molecule has 0 unspecified atom stereocenters. The molecule has 15 rings (SSSR count). The first kappa shape index (κ1) is 83.1. The van der Waals surface area contributed by atoms with Crippen LogP contribution < -0.4 is 44.4 Å². The van der Waals surface area contributed by atoms with Crippen LogP contribution in [-0.4, -0.2) is 135 Å². The van der Waals surface area contributed by atoms with E-state index in [1.165, 1.54) is 102 Å². The lowest BCUT2D eigenvalue weighted by atomic mass is 9.90. The molecule has 3 aliphatic heterocycles. The number of pyridine rings is 3. The van der Waals surface area contributed by atoms with Crippen molar-refractivity contribution in [2.45, 2.75) is 24.3 Å². The minimum atomic E-state index is -1.18. The van der Waals surface area contributed by atoms with E-state index in [0.29, 0.717) is 66.0 Å². The van der Waals surface area contributed by atoms with Gasteiger partial charge in [0.05, 0.1) is 115 Å². The number of carbonyl (C=O) groups is 8. The van der Waals surface area contributed by atoms with Crippen LogP contribution in [0.25, 0.3) is 0 Å². The Balaban J connectivity index is 0.000000152. The average Bonchev–Trinajstić information content (AvgIpc) is 1.03. The average molecular weight is 1660 g/mol. The third-order valence-electron chi connectivity index (χ3n) is 19.3. The third-order valence-corrected chi connectivity index (χ3v) is 19.7. The maximum atomic E-state index is 13.9. The number of benzene rings is 9. The van der Waals surface area contributed by atoms with Crippen molar-refractivity contribution in [1.29, 1.82) is 0 Å². The van der Waals surface area contributed by atoms with Gasteiger partial charge in [-0.2, -0.15) is 0 Å². The summed E-state index contributed by atoms with van der Waals surface area (Å²) in [6, 6.07) is 72.7. The van der Waals surface area contributed by atoms with Crippen LogP contribution in [-0.2, 0) is 30.4 Å². The van der Waals surface area contributed by atoms with Crippen molar-refractivity contribution in [2.24, 2.45) is 0 Å². The van der Waals surface area contributed by atoms with Crippen LogP contribution in [0.4, 0.5) is 41.9 Å². The fraction of sp³-hybridized carbons (Fsp3) is 0.154. The van der Waals surface area contributed by atoms with Crippen LogP contribution in [0.3, 0.4) is 0 Å². The standard InChI is InChI=1S/C30H24FN3O5.C30H26FN3O4.C22H19BrN2O3.C9H8FNO2/c1-38-30(37)22-17-26(34-14-15-39-25-13-12-21(31)16-23(25)29(34)36)32-18-24(22)33-28(35)27(19-8-4-2-5-9-19)20-10-6-3-7-11-20;1-33(29(35)28(20-8-4-2-5-9-20)21-10-6-3-7-11-21)25-18-32-27(17-24(25)30(36)37)34-14-15-38-26-13-12-23(31)16-22(26)19-34;1-25(18-14-24-19(23)13-17(18)22(27)28-2)21(26)20(15-9-5-3-6-10-15)16-11-7-4-8-12-16;10-6-1-2-8-7(5-6)9(12)11-3-4-13-8/h2-13,16-18,27H,14-15H2,1H3,(H,33,35);2-13,16-18,28H,14-15,19H2,1H3,(H,36,37);3-14,20H,1-2H3;1-2,5H,3-4H2,(H,11,12). The largest absolute Gasteiger partial charge is 0.491 e. The van der Waals surface area contributed by atoms with Gasteiger partial charge in [0.25, 0.3) is 11.8 Å². The molecule has 6 heterocycles. The number of rotatable bonds is 17. The number of anilines is 5. The summed E-state index contributed by atoms with van der Waals surface area (Å²) in [5, 5.41) is 15.5. The number of nitrogens with zero attached hydrogens (tertiary/aromatic N) is 7. The number of aromatic nitrogens is 3. The number of halogens is 4. The summed E-state index contributed by atoms with van der Waals surface area (Å²) in [7, 11) is 5.72. The lowest BCUT2D eigenvalue weighted by Crippen LogP contribution is -2.34. The number of esters is 2. The molecule has 3 aromatic heterocycles. The van der Waals surface area contributed by atoms with E-state index in [2.05, 4.69) is 41.5 Å². The van der Waals surface area contributed by atoms with Crippen LogP contribution in [0.1, 0.15) is 108 Å². The summed E-state index contributed by atoms with van der Waals surface area (Å²) in [5.41, 5.74) is 6.73. The summed E-state index contributed by atoms with van der Waals surface area (Å²) >= 11 is 3.26. The van der Waals surface area contributed by atoms with E-state index in [0.717, 1.165) is 39.4 Å². The van der Waals surface area contributed by atoms with Gasteiger partial charge in [0.15, 0.2) is 0 Å². The highest BCUT2D eigenvalue weighted by Crippen LogP contribution is 2.37. The van der Waals surface area contributed by atoms with E-state index < -0.39 is 53.2 Å². The van der Waals surface area contributed by atoms with Gasteiger partial charge < -0.3 is 54.1 Å². The van der Waals surface area contributed by atoms with Crippen molar-refractivity contribution in [3.63, 3.8) is 0 Å². The number of carbonyl (C=O) groups excluding carboxylic acids is 7. The predicted octanol–water partition coefficient (Wildman–Crippen LogP) is 15.3. The van der Waals surface area contributed by atoms with Crippen molar-refractivity contribution < 1.29 is 80.3 Å². The zero-order valence-electron chi connectivity index (χ0n) is 64.1. The maximum Gasteiger partial charge on any atom is 0.340 e. The minimum Gasteiger partial charge on any atom is -0.491 e. The first-order valence-corrected chi connectivity index (χ1v) is 37.8.